The van der Waals surface area contributed by atoms with Crippen LogP contribution in [0.15, 0.2) is 12.1 Å². The molecule has 0 aliphatic rings. The first-order valence-electron chi connectivity index (χ1n) is 5.02. The zero-order valence-corrected chi connectivity index (χ0v) is 11.4. The van der Waals surface area contributed by atoms with Gasteiger partial charge in [0.05, 0.1) is 22.3 Å². The maximum Gasteiger partial charge on any atom is 0.295 e. The van der Waals surface area contributed by atoms with Gasteiger partial charge in [-0.15, -0.1) is 0 Å². The van der Waals surface area contributed by atoms with E-state index in [9.17, 15) is 22.9 Å². The van der Waals surface area contributed by atoms with Gasteiger partial charge in [-0.05, 0) is 6.07 Å². The SMILES string of the molecule is CS(=O)(=O)NCCNc1cc(Cl)c(F)cc1[N+](=O)[O-]. The largest absolute Gasteiger partial charge is 0.378 e. The van der Waals surface area contributed by atoms with E-state index in [1.165, 1.54) is 0 Å². The number of halogens is 2. The van der Waals surface area contributed by atoms with E-state index in [-0.39, 0.29) is 23.8 Å². The number of hydrogen-bond acceptors (Lipinski definition) is 5. The second-order valence-electron chi connectivity index (χ2n) is 3.63. The van der Waals surface area contributed by atoms with Gasteiger partial charge in [0.2, 0.25) is 10.0 Å². The van der Waals surface area contributed by atoms with Crippen LogP contribution in [0.5, 0.6) is 0 Å². The molecule has 106 valence electrons. The number of benzene rings is 1. The number of anilines is 1. The molecule has 0 aliphatic heterocycles. The van der Waals surface area contributed by atoms with E-state index in [0.29, 0.717) is 6.07 Å². The lowest BCUT2D eigenvalue weighted by Crippen LogP contribution is -2.27. The quantitative estimate of drug-likeness (QED) is 0.469. The molecule has 0 spiro atoms. The van der Waals surface area contributed by atoms with Crippen molar-refractivity contribution in [2.24, 2.45) is 0 Å². The molecule has 1 aromatic rings. The molecule has 2 N–H and O–H groups in total. The van der Waals surface area contributed by atoms with Crippen LogP contribution in [0.3, 0.4) is 0 Å². The summed E-state index contributed by atoms with van der Waals surface area (Å²) >= 11 is 5.53. The minimum absolute atomic E-state index is 0.0201. The summed E-state index contributed by atoms with van der Waals surface area (Å²) < 4.78 is 36.9. The third-order valence-corrected chi connectivity index (χ3v) is 3.06. The van der Waals surface area contributed by atoms with Gasteiger partial charge in [0.15, 0.2) is 0 Å². The van der Waals surface area contributed by atoms with Crippen LogP contribution in [0, 0.1) is 15.9 Å². The first-order valence-corrected chi connectivity index (χ1v) is 7.29. The molecule has 0 saturated carbocycles. The van der Waals surface area contributed by atoms with Gasteiger partial charge >= 0.3 is 0 Å². The average molecular weight is 312 g/mol. The second-order valence-corrected chi connectivity index (χ2v) is 5.87. The number of nitrogens with zero attached hydrogens (tertiary/aromatic N) is 1. The summed E-state index contributed by atoms with van der Waals surface area (Å²) in [7, 11) is -3.33. The van der Waals surface area contributed by atoms with Crippen molar-refractivity contribution in [2.45, 2.75) is 0 Å². The standard InChI is InChI=1S/C9H11ClFN3O4S/c1-19(17,18)13-3-2-12-8-4-6(10)7(11)5-9(8)14(15)16/h4-5,12-13H,2-3H2,1H3. The van der Waals surface area contributed by atoms with Crippen LogP contribution in [0.25, 0.3) is 0 Å². The van der Waals surface area contributed by atoms with Crippen molar-refractivity contribution in [2.75, 3.05) is 24.7 Å². The van der Waals surface area contributed by atoms with Crippen molar-refractivity contribution in [3.63, 3.8) is 0 Å². The van der Waals surface area contributed by atoms with Gasteiger partial charge in [0, 0.05) is 13.1 Å². The molecule has 0 unspecified atom stereocenters. The summed E-state index contributed by atoms with van der Waals surface area (Å²) in [5, 5.41) is 13.1. The molecule has 0 aliphatic carbocycles. The van der Waals surface area contributed by atoms with Crippen molar-refractivity contribution in [3.8, 4) is 0 Å². The second kappa shape index (κ2) is 6.13. The number of nitrogens with one attached hydrogen (secondary N) is 2. The average Bonchev–Trinajstić information content (AvgIpc) is 2.27. The molecule has 0 aromatic heterocycles. The van der Waals surface area contributed by atoms with Crippen molar-refractivity contribution in [1.82, 2.24) is 4.72 Å². The fourth-order valence-electron chi connectivity index (χ4n) is 1.26. The Morgan fingerprint density at radius 2 is 2.05 bits per heavy atom. The molecule has 1 rings (SSSR count). The molecule has 0 heterocycles. The summed E-state index contributed by atoms with van der Waals surface area (Å²) in [6.45, 7) is 0.126. The summed E-state index contributed by atoms with van der Waals surface area (Å²) in [4.78, 5) is 9.96. The van der Waals surface area contributed by atoms with Crippen LogP contribution in [0.2, 0.25) is 5.02 Å². The Morgan fingerprint density at radius 1 is 1.42 bits per heavy atom. The Kier molecular flexibility index (Phi) is 5.04. The van der Waals surface area contributed by atoms with Gasteiger partial charge in [-0.1, -0.05) is 11.6 Å². The lowest BCUT2D eigenvalue weighted by Gasteiger charge is -2.08. The topological polar surface area (TPSA) is 101 Å². The Labute approximate surface area is 114 Å². The summed E-state index contributed by atoms with van der Waals surface area (Å²) in [6.07, 6.45) is 0.990. The normalized spacial score (nSPS) is 11.3. The van der Waals surface area contributed by atoms with E-state index in [1.807, 2.05) is 0 Å². The number of sulfonamides is 1. The van der Waals surface area contributed by atoms with E-state index in [1.54, 1.807) is 0 Å². The minimum Gasteiger partial charge on any atom is -0.378 e. The predicted molar refractivity (Wildman–Crippen MR) is 69.4 cm³/mol. The number of rotatable bonds is 6. The molecular weight excluding hydrogens is 301 g/mol. The van der Waals surface area contributed by atoms with Gasteiger partial charge in [0.1, 0.15) is 11.5 Å². The van der Waals surface area contributed by atoms with Crippen LogP contribution in [-0.2, 0) is 10.0 Å². The van der Waals surface area contributed by atoms with Crippen LogP contribution in [0.4, 0.5) is 15.8 Å². The number of nitro groups is 1. The van der Waals surface area contributed by atoms with Crippen LogP contribution in [-0.4, -0.2) is 32.7 Å². The smallest absolute Gasteiger partial charge is 0.295 e. The Bertz CT molecular complexity index is 593. The van der Waals surface area contributed by atoms with Crippen LogP contribution < -0.4 is 10.0 Å². The fraction of sp³-hybridized carbons (Fsp3) is 0.333. The highest BCUT2D eigenvalue weighted by Crippen LogP contribution is 2.29. The molecule has 10 heteroatoms. The molecule has 0 radical (unpaired) electrons. The molecule has 0 fully saturated rings. The monoisotopic (exact) mass is 311 g/mol. The Balaban J connectivity index is 2.77. The highest BCUT2D eigenvalue weighted by Gasteiger charge is 2.17. The maximum absolute atomic E-state index is 13.1. The van der Waals surface area contributed by atoms with E-state index in [4.69, 9.17) is 11.6 Å². The van der Waals surface area contributed by atoms with E-state index >= 15 is 0 Å². The molecular formula is C9H11ClFN3O4S. The zero-order valence-electron chi connectivity index (χ0n) is 9.81. The number of nitro benzene ring substituents is 1. The first-order chi connectivity index (χ1) is 8.70. The summed E-state index contributed by atoms with van der Waals surface area (Å²) in [5.74, 6) is -0.895. The van der Waals surface area contributed by atoms with E-state index in [2.05, 4.69) is 10.0 Å². The third kappa shape index (κ3) is 4.97. The number of hydrogen-bond donors (Lipinski definition) is 2. The molecule has 19 heavy (non-hydrogen) atoms. The highest BCUT2D eigenvalue weighted by molar-refractivity contribution is 7.88. The first kappa shape index (κ1) is 15.6. The van der Waals surface area contributed by atoms with Crippen molar-refractivity contribution >= 4 is 33.0 Å². The molecule has 1 aromatic carbocycles. The van der Waals surface area contributed by atoms with Crippen molar-refractivity contribution < 1.29 is 17.7 Å². The third-order valence-electron chi connectivity index (χ3n) is 2.04. The summed E-state index contributed by atoms with van der Waals surface area (Å²) in [6, 6.07) is 1.78. The van der Waals surface area contributed by atoms with Crippen LogP contribution >= 0.6 is 11.6 Å². The highest BCUT2D eigenvalue weighted by atomic mass is 35.5. The van der Waals surface area contributed by atoms with Crippen molar-refractivity contribution in [1.29, 1.82) is 0 Å². The van der Waals surface area contributed by atoms with Gasteiger partial charge in [-0.2, -0.15) is 0 Å². The lowest BCUT2D eigenvalue weighted by molar-refractivity contribution is -0.384. The van der Waals surface area contributed by atoms with Gasteiger partial charge in [-0.25, -0.2) is 17.5 Å². The molecule has 0 saturated heterocycles. The zero-order chi connectivity index (χ0) is 14.6. The van der Waals surface area contributed by atoms with Crippen molar-refractivity contribution in [3.05, 3.63) is 33.1 Å². The lowest BCUT2D eigenvalue weighted by atomic mass is 10.2. The molecule has 0 amide bonds. The Hall–Kier alpha value is -1.45. The molecule has 0 atom stereocenters. The summed E-state index contributed by atoms with van der Waals surface area (Å²) in [5.41, 5.74) is -0.451. The van der Waals surface area contributed by atoms with E-state index < -0.39 is 26.5 Å². The fourth-order valence-corrected chi connectivity index (χ4v) is 1.90. The predicted octanol–water partition coefficient (Wildman–Crippen LogP) is 1.35. The Morgan fingerprint density at radius 3 is 2.58 bits per heavy atom. The van der Waals surface area contributed by atoms with Gasteiger partial charge < -0.3 is 5.32 Å². The minimum atomic E-state index is -3.33. The van der Waals surface area contributed by atoms with Gasteiger partial charge in [0.25, 0.3) is 5.69 Å². The van der Waals surface area contributed by atoms with E-state index in [0.717, 1.165) is 12.3 Å². The van der Waals surface area contributed by atoms with Crippen LogP contribution in [0.1, 0.15) is 0 Å². The maximum atomic E-state index is 13.1. The molecule has 7 nitrogen and oxygen atoms in total. The van der Waals surface area contributed by atoms with Gasteiger partial charge in [-0.3, -0.25) is 10.1 Å². The molecule has 0 bridgehead atoms.